The smallest absolute Gasteiger partial charge is 0.248 e. The van der Waals surface area contributed by atoms with Crippen LogP contribution in [0.5, 0.6) is 0 Å². The molecule has 1 heterocycles. The largest absolute Gasteiger partial charge is 0.326 e. The van der Waals surface area contributed by atoms with E-state index in [-0.39, 0.29) is 5.56 Å². The molecule has 2 aliphatic carbocycles. The maximum absolute atomic E-state index is 11.4. The van der Waals surface area contributed by atoms with Gasteiger partial charge < -0.3 is 10.3 Å². The minimum absolute atomic E-state index is 0.0322. The fourth-order valence-electron chi connectivity index (χ4n) is 3.96. The Balaban J connectivity index is 1.70. The predicted octanol–water partition coefficient (Wildman–Crippen LogP) is 3.31. The predicted molar refractivity (Wildman–Crippen MR) is 81.9 cm³/mol. The number of aromatic nitrogens is 1. The summed E-state index contributed by atoms with van der Waals surface area (Å²) < 4.78 is 0. The lowest BCUT2D eigenvalue weighted by Crippen LogP contribution is -2.39. The first-order chi connectivity index (χ1) is 9.74. The van der Waals surface area contributed by atoms with Gasteiger partial charge in [-0.05, 0) is 50.5 Å². The molecule has 0 radical (unpaired) electrons. The average molecular weight is 274 g/mol. The fourth-order valence-corrected chi connectivity index (χ4v) is 3.96. The normalized spacial score (nSPS) is 25.1. The highest BCUT2D eigenvalue weighted by molar-refractivity contribution is 5.26. The molecule has 0 bridgehead atoms. The Kier molecular flexibility index (Phi) is 4.25. The van der Waals surface area contributed by atoms with Gasteiger partial charge in [0.15, 0.2) is 0 Å². The minimum atomic E-state index is 0.0322. The molecule has 2 N–H and O–H groups in total. The van der Waals surface area contributed by atoms with Crippen molar-refractivity contribution >= 4 is 0 Å². The number of nitrogens with one attached hydrogen (secondary N) is 2. The summed E-state index contributed by atoms with van der Waals surface area (Å²) in [5.74, 6) is 0.830. The minimum Gasteiger partial charge on any atom is -0.326 e. The fraction of sp³-hybridized carbons (Fsp3) is 0.706. The molecular formula is C17H26N2O. The lowest BCUT2D eigenvalue weighted by Gasteiger charge is -2.34. The highest BCUT2D eigenvalue weighted by atomic mass is 16.1. The summed E-state index contributed by atoms with van der Waals surface area (Å²) in [5.41, 5.74) is 2.50. The molecule has 2 aliphatic rings. The average Bonchev–Trinajstić information content (AvgIpc) is 2.48. The number of aromatic amines is 1. The molecule has 3 nitrogen and oxygen atoms in total. The third-order valence-electron chi connectivity index (χ3n) is 5.15. The van der Waals surface area contributed by atoms with E-state index in [0.717, 1.165) is 18.0 Å². The number of H-pyrrole nitrogens is 1. The van der Waals surface area contributed by atoms with Gasteiger partial charge in [0.05, 0.1) is 0 Å². The second-order valence-electron chi connectivity index (χ2n) is 6.55. The first kappa shape index (κ1) is 13.9. The van der Waals surface area contributed by atoms with Gasteiger partial charge in [-0.2, -0.15) is 0 Å². The van der Waals surface area contributed by atoms with E-state index in [4.69, 9.17) is 0 Å². The molecule has 0 aliphatic heterocycles. The summed E-state index contributed by atoms with van der Waals surface area (Å²) in [6, 6.07) is 4.70. The lowest BCUT2D eigenvalue weighted by molar-refractivity contribution is 0.256. The van der Waals surface area contributed by atoms with Gasteiger partial charge in [0.1, 0.15) is 0 Å². The van der Waals surface area contributed by atoms with Crippen LogP contribution in [-0.2, 0) is 6.42 Å². The van der Waals surface area contributed by atoms with Crippen molar-refractivity contribution in [2.45, 2.75) is 70.4 Å². The first-order valence-electron chi connectivity index (χ1n) is 8.22. The van der Waals surface area contributed by atoms with Gasteiger partial charge in [0, 0.05) is 23.8 Å². The van der Waals surface area contributed by atoms with Crippen molar-refractivity contribution in [3.05, 3.63) is 33.7 Å². The maximum Gasteiger partial charge on any atom is 0.248 e. The van der Waals surface area contributed by atoms with Crippen LogP contribution < -0.4 is 10.9 Å². The topological polar surface area (TPSA) is 44.9 Å². The van der Waals surface area contributed by atoms with Crippen molar-refractivity contribution in [3.63, 3.8) is 0 Å². The van der Waals surface area contributed by atoms with Crippen LogP contribution in [0.3, 0.4) is 0 Å². The van der Waals surface area contributed by atoms with Crippen molar-refractivity contribution in [3.8, 4) is 0 Å². The number of hydrogen-bond acceptors (Lipinski definition) is 2. The second-order valence-corrected chi connectivity index (χ2v) is 6.55. The number of aryl methyl sites for hydroxylation is 1. The second kappa shape index (κ2) is 6.13. The quantitative estimate of drug-likeness (QED) is 0.888. The van der Waals surface area contributed by atoms with Gasteiger partial charge in [-0.1, -0.05) is 25.3 Å². The summed E-state index contributed by atoms with van der Waals surface area (Å²) >= 11 is 0. The van der Waals surface area contributed by atoms with Crippen molar-refractivity contribution in [2.75, 3.05) is 0 Å². The number of fused-ring (bicyclic) bond motifs is 1. The van der Waals surface area contributed by atoms with Gasteiger partial charge >= 0.3 is 0 Å². The lowest BCUT2D eigenvalue weighted by atomic mass is 9.83. The van der Waals surface area contributed by atoms with E-state index in [1.54, 1.807) is 6.07 Å². The molecule has 1 aromatic heterocycles. The molecule has 1 unspecified atom stereocenters. The Morgan fingerprint density at radius 3 is 2.75 bits per heavy atom. The van der Waals surface area contributed by atoms with E-state index in [2.05, 4.69) is 17.2 Å². The van der Waals surface area contributed by atoms with Crippen molar-refractivity contribution in [2.24, 2.45) is 5.92 Å². The van der Waals surface area contributed by atoms with Gasteiger partial charge in [-0.25, -0.2) is 0 Å². The molecule has 2 atom stereocenters. The highest BCUT2D eigenvalue weighted by Crippen LogP contribution is 2.31. The standard InChI is InChI=1S/C17H26N2O/c1-12(13-6-3-2-4-7-13)18-15-8-5-9-16-14(15)10-11-17(20)19-16/h10-13,15,18H,2-9H2,1H3,(H,19,20)/t12-,15?/m1/s1. The van der Waals surface area contributed by atoms with Crippen LogP contribution in [0.15, 0.2) is 16.9 Å². The van der Waals surface area contributed by atoms with E-state index in [1.807, 2.05) is 6.07 Å². The van der Waals surface area contributed by atoms with Crippen molar-refractivity contribution < 1.29 is 0 Å². The van der Waals surface area contributed by atoms with E-state index < -0.39 is 0 Å². The Bertz CT molecular complexity index is 502. The SMILES string of the molecule is C[C@@H](NC1CCCc2[nH]c(=O)ccc21)C1CCCCC1. The van der Waals surface area contributed by atoms with Gasteiger partial charge in [0.25, 0.3) is 0 Å². The van der Waals surface area contributed by atoms with E-state index in [1.165, 1.54) is 50.5 Å². The third-order valence-corrected chi connectivity index (χ3v) is 5.15. The van der Waals surface area contributed by atoms with Crippen LogP contribution in [-0.4, -0.2) is 11.0 Å². The summed E-state index contributed by atoms with van der Waals surface area (Å²) in [4.78, 5) is 14.5. The third kappa shape index (κ3) is 2.98. The van der Waals surface area contributed by atoms with Gasteiger partial charge in [-0.3, -0.25) is 4.79 Å². The highest BCUT2D eigenvalue weighted by Gasteiger charge is 2.26. The zero-order valence-electron chi connectivity index (χ0n) is 12.5. The monoisotopic (exact) mass is 274 g/mol. The van der Waals surface area contributed by atoms with E-state index >= 15 is 0 Å². The van der Waals surface area contributed by atoms with Crippen LogP contribution in [0.4, 0.5) is 0 Å². The van der Waals surface area contributed by atoms with E-state index in [0.29, 0.717) is 12.1 Å². The molecule has 20 heavy (non-hydrogen) atoms. The molecule has 1 fully saturated rings. The zero-order valence-corrected chi connectivity index (χ0v) is 12.5. The Morgan fingerprint density at radius 2 is 1.95 bits per heavy atom. The van der Waals surface area contributed by atoms with Gasteiger partial charge in [-0.15, -0.1) is 0 Å². The Hall–Kier alpha value is -1.09. The van der Waals surface area contributed by atoms with Crippen LogP contribution in [0.1, 0.15) is 69.2 Å². The zero-order chi connectivity index (χ0) is 13.9. The summed E-state index contributed by atoms with van der Waals surface area (Å²) in [5, 5.41) is 3.84. The maximum atomic E-state index is 11.4. The molecule has 0 spiro atoms. The molecule has 3 heteroatoms. The van der Waals surface area contributed by atoms with Crippen LogP contribution in [0.2, 0.25) is 0 Å². The van der Waals surface area contributed by atoms with Crippen LogP contribution >= 0.6 is 0 Å². The molecule has 0 saturated heterocycles. The number of pyridine rings is 1. The van der Waals surface area contributed by atoms with Crippen molar-refractivity contribution in [1.82, 2.24) is 10.3 Å². The molecule has 0 amide bonds. The molecule has 1 saturated carbocycles. The first-order valence-corrected chi connectivity index (χ1v) is 8.22. The van der Waals surface area contributed by atoms with Gasteiger partial charge in [0.2, 0.25) is 5.56 Å². The Morgan fingerprint density at radius 1 is 1.15 bits per heavy atom. The molecule has 110 valence electrons. The molecule has 0 aromatic carbocycles. The Labute approximate surface area is 121 Å². The van der Waals surface area contributed by atoms with Crippen LogP contribution in [0.25, 0.3) is 0 Å². The summed E-state index contributed by atoms with van der Waals surface area (Å²) in [7, 11) is 0. The molecule has 1 aromatic rings. The number of rotatable bonds is 3. The van der Waals surface area contributed by atoms with Crippen molar-refractivity contribution in [1.29, 1.82) is 0 Å². The molecular weight excluding hydrogens is 248 g/mol. The van der Waals surface area contributed by atoms with E-state index in [9.17, 15) is 4.79 Å². The summed E-state index contributed by atoms with van der Waals surface area (Å²) in [6.45, 7) is 2.34. The molecule has 3 rings (SSSR count). The summed E-state index contributed by atoms with van der Waals surface area (Å²) in [6.07, 6.45) is 10.3. The number of hydrogen-bond donors (Lipinski definition) is 2. The van der Waals surface area contributed by atoms with Crippen LogP contribution in [0, 0.1) is 5.92 Å².